The molecule has 0 aliphatic heterocycles. The number of carbonyl (C=O) groups excluding carboxylic acids is 1. The summed E-state index contributed by atoms with van der Waals surface area (Å²) in [6.45, 7) is 3.48. The van der Waals surface area contributed by atoms with Crippen molar-refractivity contribution < 1.29 is 4.79 Å². The number of nitrogens with zero attached hydrogens (tertiary/aromatic N) is 3. The minimum atomic E-state index is 0.0185. The smallest absolute Gasteiger partial charge is 0.159 e. The van der Waals surface area contributed by atoms with Gasteiger partial charge in [-0.05, 0) is 26.0 Å². The fourth-order valence-electron chi connectivity index (χ4n) is 1.33. The van der Waals surface area contributed by atoms with Gasteiger partial charge in [0.25, 0.3) is 0 Å². The van der Waals surface area contributed by atoms with Gasteiger partial charge in [-0.15, -0.1) is 0 Å². The van der Waals surface area contributed by atoms with Crippen molar-refractivity contribution in [2.75, 3.05) is 11.9 Å². The summed E-state index contributed by atoms with van der Waals surface area (Å²) in [5.74, 6) is 0.737. The molecule has 0 saturated carbocycles. The predicted octanol–water partition coefficient (Wildman–Crippen LogP) is 2.02. The summed E-state index contributed by atoms with van der Waals surface area (Å²) < 4.78 is 0. The van der Waals surface area contributed by atoms with E-state index in [0.29, 0.717) is 12.0 Å². The minimum Gasteiger partial charge on any atom is -0.356 e. The van der Waals surface area contributed by atoms with Crippen LogP contribution in [0.1, 0.15) is 30.6 Å². The number of carbonyl (C=O) groups is 1. The van der Waals surface area contributed by atoms with Crippen molar-refractivity contribution in [3.8, 4) is 6.07 Å². The Kier molecular flexibility index (Phi) is 4.01. The van der Waals surface area contributed by atoms with E-state index >= 15 is 0 Å². The zero-order valence-electron chi connectivity index (χ0n) is 9.77. The Morgan fingerprint density at radius 1 is 1.69 bits per heavy atom. The van der Waals surface area contributed by atoms with E-state index in [2.05, 4.69) is 11.1 Å². The van der Waals surface area contributed by atoms with E-state index in [-0.39, 0.29) is 11.8 Å². The Morgan fingerprint density at radius 3 is 2.94 bits per heavy atom. The van der Waals surface area contributed by atoms with E-state index in [9.17, 15) is 4.79 Å². The molecule has 4 heteroatoms. The average Bonchev–Trinajstić information content (AvgIpc) is 2.28. The SMILES string of the molecule is CC(=O)c1ccnc(N(C)C(C)CC#N)c1. The molecule has 1 unspecified atom stereocenters. The highest BCUT2D eigenvalue weighted by molar-refractivity contribution is 5.94. The fourth-order valence-corrected chi connectivity index (χ4v) is 1.33. The molecular weight excluding hydrogens is 202 g/mol. The molecule has 1 heterocycles. The first-order valence-corrected chi connectivity index (χ1v) is 5.13. The standard InChI is InChI=1S/C12H15N3O/c1-9(4-6-13)15(3)12-8-11(10(2)16)5-7-14-12/h5,7-9H,4H2,1-3H3. The zero-order chi connectivity index (χ0) is 12.1. The van der Waals surface area contributed by atoms with Crippen LogP contribution in [0.4, 0.5) is 5.82 Å². The molecule has 0 aliphatic carbocycles. The lowest BCUT2D eigenvalue weighted by atomic mass is 10.1. The van der Waals surface area contributed by atoms with Gasteiger partial charge in [-0.25, -0.2) is 4.98 Å². The summed E-state index contributed by atoms with van der Waals surface area (Å²) in [5.41, 5.74) is 0.640. The first-order chi connectivity index (χ1) is 7.56. The van der Waals surface area contributed by atoms with Crippen LogP contribution in [0.5, 0.6) is 0 Å². The molecule has 0 saturated heterocycles. The number of ketones is 1. The summed E-state index contributed by atoms with van der Waals surface area (Å²) >= 11 is 0. The van der Waals surface area contributed by atoms with Crippen molar-refractivity contribution in [1.29, 1.82) is 5.26 Å². The van der Waals surface area contributed by atoms with Crippen molar-refractivity contribution in [3.05, 3.63) is 23.9 Å². The molecule has 0 spiro atoms. The van der Waals surface area contributed by atoms with Gasteiger partial charge in [-0.2, -0.15) is 5.26 Å². The minimum absolute atomic E-state index is 0.0185. The average molecular weight is 217 g/mol. The van der Waals surface area contributed by atoms with Gasteiger partial charge in [0.1, 0.15) is 5.82 Å². The Balaban J connectivity index is 2.92. The topological polar surface area (TPSA) is 57.0 Å². The number of aromatic nitrogens is 1. The maximum absolute atomic E-state index is 11.2. The number of rotatable bonds is 4. The highest BCUT2D eigenvalue weighted by Gasteiger charge is 2.11. The van der Waals surface area contributed by atoms with Gasteiger partial charge >= 0.3 is 0 Å². The van der Waals surface area contributed by atoms with E-state index in [1.54, 1.807) is 18.3 Å². The second kappa shape index (κ2) is 5.26. The summed E-state index contributed by atoms with van der Waals surface area (Å²) in [7, 11) is 1.87. The molecule has 0 fully saturated rings. The molecule has 0 bridgehead atoms. The van der Waals surface area contributed by atoms with E-state index in [4.69, 9.17) is 5.26 Å². The Morgan fingerprint density at radius 2 is 2.38 bits per heavy atom. The quantitative estimate of drug-likeness (QED) is 0.724. The number of Topliss-reactive ketones (excluding diaryl/α,β-unsaturated/α-hetero) is 1. The summed E-state index contributed by atoms with van der Waals surface area (Å²) in [5, 5.41) is 8.62. The third kappa shape index (κ3) is 2.80. The lowest BCUT2D eigenvalue weighted by Gasteiger charge is -2.24. The molecule has 16 heavy (non-hydrogen) atoms. The molecule has 0 radical (unpaired) electrons. The van der Waals surface area contributed by atoms with Crippen LogP contribution in [0.15, 0.2) is 18.3 Å². The van der Waals surface area contributed by atoms with Gasteiger partial charge < -0.3 is 4.90 Å². The van der Waals surface area contributed by atoms with E-state index in [1.807, 2.05) is 18.9 Å². The van der Waals surface area contributed by atoms with Gasteiger partial charge in [0.2, 0.25) is 0 Å². The molecule has 1 rings (SSSR count). The van der Waals surface area contributed by atoms with Crippen LogP contribution in [-0.4, -0.2) is 23.9 Å². The lowest BCUT2D eigenvalue weighted by Crippen LogP contribution is -2.29. The van der Waals surface area contributed by atoms with Crippen molar-refractivity contribution in [2.24, 2.45) is 0 Å². The van der Waals surface area contributed by atoms with Crippen molar-refractivity contribution in [2.45, 2.75) is 26.3 Å². The Hall–Kier alpha value is -1.89. The first-order valence-electron chi connectivity index (χ1n) is 5.13. The van der Waals surface area contributed by atoms with Crippen molar-refractivity contribution in [1.82, 2.24) is 4.98 Å². The maximum Gasteiger partial charge on any atom is 0.159 e. The van der Waals surface area contributed by atoms with Crippen LogP contribution < -0.4 is 4.90 Å². The molecule has 0 aromatic carbocycles. The second-order valence-electron chi connectivity index (χ2n) is 3.78. The van der Waals surface area contributed by atoms with Crippen molar-refractivity contribution in [3.63, 3.8) is 0 Å². The molecule has 84 valence electrons. The predicted molar refractivity (Wildman–Crippen MR) is 62.3 cm³/mol. The molecule has 1 atom stereocenters. The fraction of sp³-hybridized carbons (Fsp3) is 0.417. The molecule has 4 nitrogen and oxygen atoms in total. The molecule has 0 aliphatic rings. The molecule has 1 aromatic rings. The molecule has 0 N–H and O–H groups in total. The van der Waals surface area contributed by atoms with Crippen LogP contribution in [0.25, 0.3) is 0 Å². The van der Waals surface area contributed by atoms with Gasteiger partial charge in [0.15, 0.2) is 5.78 Å². The third-order valence-corrected chi connectivity index (χ3v) is 2.56. The normalized spacial score (nSPS) is 11.6. The van der Waals surface area contributed by atoms with Crippen LogP contribution in [-0.2, 0) is 0 Å². The molecule has 1 aromatic heterocycles. The number of pyridine rings is 1. The Bertz CT molecular complexity index is 423. The number of nitriles is 1. The number of hydrogen-bond acceptors (Lipinski definition) is 4. The van der Waals surface area contributed by atoms with Crippen LogP contribution in [0.2, 0.25) is 0 Å². The lowest BCUT2D eigenvalue weighted by molar-refractivity contribution is 0.101. The van der Waals surface area contributed by atoms with Crippen molar-refractivity contribution >= 4 is 11.6 Å². The zero-order valence-corrected chi connectivity index (χ0v) is 9.77. The first kappa shape index (κ1) is 12.2. The summed E-state index contributed by atoms with van der Waals surface area (Å²) in [6.07, 6.45) is 2.05. The van der Waals surface area contributed by atoms with Crippen LogP contribution in [0.3, 0.4) is 0 Å². The van der Waals surface area contributed by atoms with E-state index in [1.165, 1.54) is 6.92 Å². The molecule has 0 amide bonds. The third-order valence-electron chi connectivity index (χ3n) is 2.56. The van der Waals surface area contributed by atoms with Gasteiger partial charge in [-0.1, -0.05) is 0 Å². The van der Waals surface area contributed by atoms with Gasteiger partial charge in [0, 0.05) is 24.8 Å². The van der Waals surface area contributed by atoms with E-state index in [0.717, 1.165) is 5.82 Å². The summed E-state index contributed by atoms with van der Waals surface area (Å²) in [4.78, 5) is 17.3. The highest BCUT2D eigenvalue weighted by atomic mass is 16.1. The molecular formula is C12H15N3O. The monoisotopic (exact) mass is 217 g/mol. The Labute approximate surface area is 95.5 Å². The van der Waals surface area contributed by atoms with Crippen LogP contribution >= 0.6 is 0 Å². The summed E-state index contributed by atoms with van der Waals surface area (Å²) in [6, 6.07) is 5.64. The largest absolute Gasteiger partial charge is 0.356 e. The number of hydrogen-bond donors (Lipinski definition) is 0. The second-order valence-corrected chi connectivity index (χ2v) is 3.78. The maximum atomic E-state index is 11.2. The van der Waals surface area contributed by atoms with Gasteiger partial charge in [0.05, 0.1) is 12.5 Å². The number of anilines is 1. The van der Waals surface area contributed by atoms with Crippen LogP contribution in [0, 0.1) is 11.3 Å². The van der Waals surface area contributed by atoms with E-state index < -0.39 is 0 Å². The highest BCUT2D eigenvalue weighted by Crippen LogP contribution is 2.15. The van der Waals surface area contributed by atoms with Gasteiger partial charge in [-0.3, -0.25) is 4.79 Å².